The minimum atomic E-state index is 0. The zero-order valence-electron chi connectivity index (χ0n) is 15.9. The van der Waals surface area contributed by atoms with Gasteiger partial charge in [0.1, 0.15) is 5.76 Å². The molecule has 26 heavy (non-hydrogen) atoms. The molecule has 144 valence electrons. The summed E-state index contributed by atoms with van der Waals surface area (Å²) in [4.78, 5) is 4.55. The van der Waals surface area contributed by atoms with Crippen molar-refractivity contribution in [2.24, 2.45) is 4.99 Å². The Kier molecular flexibility index (Phi) is 11.0. The molecule has 0 atom stereocenters. The Hall–Kier alpha value is -1.54. The molecule has 0 aliphatic heterocycles. The van der Waals surface area contributed by atoms with Gasteiger partial charge >= 0.3 is 0 Å². The number of rotatable bonds is 9. The van der Waals surface area contributed by atoms with Crippen molar-refractivity contribution >= 4 is 29.9 Å². The molecule has 2 N–H and O–H groups in total. The summed E-state index contributed by atoms with van der Waals surface area (Å²) in [7, 11) is 1.69. The van der Waals surface area contributed by atoms with E-state index in [-0.39, 0.29) is 24.0 Å². The molecular weight excluding hydrogens is 441 g/mol. The number of aryl methyl sites for hydroxylation is 2. The molecule has 0 unspecified atom stereocenters. The van der Waals surface area contributed by atoms with Crippen molar-refractivity contribution in [1.82, 2.24) is 10.6 Å². The molecule has 0 bridgehead atoms. The van der Waals surface area contributed by atoms with Gasteiger partial charge in [-0.15, -0.1) is 24.0 Å². The van der Waals surface area contributed by atoms with E-state index < -0.39 is 0 Å². The first-order chi connectivity index (χ1) is 12.2. The van der Waals surface area contributed by atoms with Crippen LogP contribution in [0.5, 0.6) is 0 Å². The van der Waals surface area contributed by atoms with E-state index in [1.54, 1.807) is 13.4 Å². The second-order valence-corrected chi connectivity index (χ2v) is 6.03. The quantitative estimate of drug-likeness (QED) is 0.255. The Balaban J connectivity index is 0.00000338. The molecule has 1 aromatic heterocycles. The highest BCUT2D eigenvalue weighted by Crippen LogP contribution is 2.13. The highest BCUT2D eigenvalue weighted by molar-refractivity contribution is 14.0. The van der Waals surface area contributed by atoms with E-state index in [4.69, 9.17) is 9.15 Å². The SMILES string of the molecule is COCCN=C(NCCc1ccco1)NCCc1c(C)cccc1C.I. The van der Waals surface area contributed by atoms with Gasteiger partial charge in [-0.2, -0.15) is 0 Å². The third-order valence-electron chi connectivity index (χ3n) is 4.12. The lowest BCUT2D eigenvalue weighted by Crippen LogP contribution is -2.39. The van der Waals surface area contributed by atoms with E-state index in [0.717, 1.165) is 37.7 Å². The van der Waals surface area contributed by atoms with Crippen LogP contribution in [0.3, 0.4) is 0 Å². The average Bonchev–Trinajstić information content (AvgIpc) is 3.10. The second-order valence-electron chi connectivity index (χ2n) is 6.03. The van der Waals surface area contributed by atoms with Gasteiger partial charge in [-0.05, 0) is 49.1 Å². The van der Waals surface area contributed by atoms with Crippen molar-refractivity contribution in [3.8, 4) is 0 Å². The maximum absolute atomic E-state index is 5.36. The number of guanidine groups is 1. The molecular formula is C20H30IN3O2. The number of benzene rings is 1. The predicted molar refractivity (Wildman–Crippen MR) is 118 cm³/mol. The van der Waals surface area contributed by atoms with Gasteiger partial charge in [0.15, 0.2) is 5.96 Å². The molecule has 0 saturated heterocycles. The first-order valence-corrected chi connectivity index (χ1v) is 8.79. The smallest absolute Gasteiger partial charge is 0.191 e. The van der Waals surface area contributed by atoms with Crippen molar-refractivity contribution in [3.05, 3.63) is 59.0 Å². The lowest BCUT2D eigenvalue weighted by atomic mass is 10.0. The van der Waals surface area contributed by atoms with Crippen LogP contribution >= 0.6 is 24.0 Å². The summed E-state index contributed by atoms with van der Waals surface area (Å²) in [6.07, 6.45) is 3.50. The normalized spacial score (nSPS) is 11.1. The fourth-order valence-electron chi connectivity index (χ4n) is 2.73. The van der Waals surface area contributed by atoms with Crippen LogP contribution in [0, 0.1) is 13.8 Å². The molecule has 0 fully saturated rings. The van der Waals surface area contributed by atoms with Crippen LogP contribution in [0.1, 0.15) is 22.5 Å². The van der Waals surface area contributed by atoms with Gasteiger partial charge in [0, 0.05) is 26.6 Å². The van der Waals surface area contributed by atoms with Gasteiger partial charge in [-0.1, -0.05) is 18.2 Å². The number of ether oxygens (including phenoxy) is 1. The lowest BCUT2D eigenvalue weighted by molar-refractivity contribution is 0.208. The minimum Gasteiger partial charge on any atom is -0.469 e. The molecule has 0 aliphatic rings. The summed E-state index contributed by atoms with van der Waals surface area (Å²) in [5.41, 5.74) is 4.08. The number of nitrogens with one attached hydrogen (secondary N) is 2. The van der Waals surface area contributed by atoms with E-state index in [0.29, 0.717) is 13.2 Å². The standard InChI is InChI=1S/C20H29N3O2.HI/c1-16-6-4-7-17(2)19(16)10-12-22-20(23-13-15-24-3)21-11-9-18-8-5-14-25-18;/h4-8,14H,9-13,15H2,1-3H3,(H2,21,22,23);1H. The molecule has 2 aromatic rings. The van der Waals surface area contributed by atoms with Gasteiger partial charge in [-0.25, -0.2) is 0 Å². The Bertz CT molecular complexity index is 637. The Labute approximate surface area is 173 Å². The third-order valence-corrected chi connectivity index (χ3v) is 4.12. The Morgan fingerprint density at radius 2 is 1.73 bits per heavy atom. The van der Waals surface area contributed by atoms with E-state index in [1.165, 1.54) is 16.7 Å². The number of furan rings is 1. The van der Waals surface area contributed by atoms with Crippen LogP contribution in [0.4, 0.5) is 0 Å². The van der Waals surface area contributed by atoms with Crippen LogP contribution in [0.2, 0.25) is 0 Å². The minimum absolute atomic E-state index is 0. The molecule has 0 radical (unpaired) electrons. The molecule has 1 aromatic carbocycles. The fraction of sp³-hybridized carbons (Fsp3) is 0.450. The zero-order valence-corrected chi connectivity index (χ0v) is 18.2. The highest BCUT2D eigenvalue weighted by Gasteiger charge is 2.04. The van der Waals surface area contributed by atoms with Gasteiger partial charge in [0.25, 0.3) is 0 Å². The first kappa shape index (κ1) is 22.5. The first-order valence-electron chi connectivity index (χ1n) is 8.79. The van der Waals surface area contributed by atoms with E-state index in [9.17, 15) is 0 Å². The molecule has 5 nitrogen and oxygen atoms in total. The summed E-state index contributed by atoms with van der Waals surface area (Å²) in [5, 5.41) is 6.77. The summed E-state index contributed by atoms with van der Waals surface area (Å²) < 4.78 is 10.4. The van der Waals surface area contributed by atoms with Crippen molar-refractivity contribution in [3.63, 3.8) is 0 Å². The maximum Gasteiger partial charge on any atom is 0.191 e. The summed E-state index contributed by atoms with van der Waals surface area (Å²) in [6, 6.07) is 10.3. The molecule has 6 heteroatoms. The highest BCUT2D eigenvalue weighted by atomic mass is 127. The van der Waals surface area contributed by atoms with Gasteiger partial charge in [0.2, 0.25) is 0 Å². The van der Waals surface area contributed by atoms with E-state index in [2.05, 4.69) is 47.7 Å². The second kappa shape index (κ2) is 12.8. The van der Waals surface area contributed by atoms with Crippen LogP contribution < -0.4 is 10.6 Å². The molecule has 2 rings (SSSR count). The van der Waals surface area contributed by atoms with E-state index in [1.807, 2.05) is 12.1 Å². The van der Waals surface area contributed by atoms with Crippen molar-refractivity contribution in [1.29, 1.82) is 0 Å². The summed E-state index contributed by atoms with van der Waals surface area (Å²) in [5.74, 6) is 1.79. The average molecular weight is 471 g/mol. The Morgan fingerprint density at radius 1 is 1.04 bits per heavy atom. The number of halogens is 1. The van der Waals surface area contributed by atoms with E-state index >= 15 is 0 Å². The topological polar surface area (TPSA) is 58.8 Å². The van der Waals surface area contributed by atoms with Crippen LogP contribution in [0.25, 0.3) is 0 Å². The molecule has 0 spiro atoms. The predicted octanol–water partition coefficient (Wildman–Crippen LogP) is 3.48. The third kappa shape index (κ3) is 7.78. The summed E-state index contributed by atoms with van der Waals surface area (Å²) in [6.45, 7) is 7.19. The summed E-state index contributed by atoms with van der Waals surface area (Å²) >= 11 is 0. The zero-order chi connectivity index (χ0) is 17.9. The van der Waals surface area contributed by atoms with Gasteiger partial charge in [-0.3, -0.25) is 4.99 Å². The Morgan fingerprint density at radius 3 is 2.35 bits per heavy atom. The molecule has 0 amide bonds. The fourth-order valence-corrected chi connectivity index (χ4v) is 2.73. The lowest BCUT2D eigenvalue weighted by Gasteiger charge is -2.14. The number of methoxy groups -OCH3 is 1. The van der Waals surface area contributed by atoms with Crippen LogP contribution in [-0.4, -0.2) is 39.3 Å². The van der Waals surface area contributed by atoms with Gasteiger partial charge in [0.05, 0.1) is 19.4 Å². The van der Waals surface area contributed by atoms with Crippen molar-refractivity contribution in [2.75, 3.05) is 33.4 Å². The van der Waals surface area contributed by atoms with Crippen LogP contribution in [0.15, 0.2) is 46.0 Å². The molecule has 1 heterocycles. The number of aliphatic imine (C=N–C) groups is 1. The number of nitrogens with zero attached hydrogens (tertiary/aromatic N) is 1. The van der Waals surface area contributed by atoms with Crippen molar-refractivity contribution < 1.29 is 9.15 Å². The monoisotopic (exact) mass is 471 g/mol. The van der Waals surface area contributed by atoms with Crippen molar-refractivity contribution in [2.45, 2.75) is 26.7 Å². The largest absolute Gasteiger partial charge is 0.469 e. The molecule has 0 aliphatic carbocycles. The van der Waals surface area contributed by atoms with Crippen LogP contribution in [-0.2, 0) is 17.6 Å². The van der Waals surface area contributed by atoms with Gasteiger partial charge < -0.3 is 19.8 Å². The molecule has 0 saturated carbocycles. The maximum atomic E-state index is 5.36. The number of hydrogen-bond donors (Lipinski definition) is 2. The number of hydrogen-bond acceptors (Lipinski definition) is 3.